The van der Waals surface area contributed by atoms with E-state index in [4.69, 9.17) is 10.5 Å². The van der Waals surface area contributed by atoms with Gasteiger partial charge in [0.2, 0.25) is 0 Å². The molecule has 2 aromatic carbocycles. The lowest BCUT2D eigenvalue weighted by Crippen LogP contribution is -2.13. The van der Waals surface area contributed by atoms with Crippen molar-refractivity contribution in [3.8, 4) is 5.75 Å². The van der Waals surface area contributed by atoms with Gasteiger partial charge in [-0.05, 0) is 46.4 Å². The first-order valence-corrected chi connectivity index (χ1v) is 6.94. The molecule has 104 valence electrons. The Hall–Kier alpha value is -1.67. The lowest BCUT2D eigenvalue weighted by molar-refractivity contribution is -0.384. The number of rotatable bonds is 4. The Morgan fingerprint density at radius 1 is 1.30 bits per heavy atom. The lowest BCUT2D eigenvalue weighted by Gasteiger charge is -2.16. The molecule has 0 bridgehead atoms. The van der Waals surface area contributed by atoms with Gasteiger partial charge in [0.05, 0.1) is 18.1 Å². The molecule has 1 atom stereocenters. The van der Waals surface area contributed by atoms with E-state index in [2.05, 4.69) is 22.6 Å². The van der Waals surface area contributed by atoms with Gasteiger partial charge in [0, 0.05) is 21.3 Å². The van der Waals surface area contributed by atoms with Crippen molar-refractivity contribution in [2.45, 2.75) is 6.04 Å². The van der Waals surface area contributed by atoms with Crippen molar-refractivity contribution in [2.75, 3.05) is 7.11 Å². The molecule has 0 aliphatic rings. The summed E-state index contributed by atoms with van der Waals surface area (Å²) in [6.45, 7) is 0. The molecule has 0 aliphatic carbocycles. The fourth-order valence-electron chi connectivity index (χ4n) is 1.96. The summed E-state index contributed by atoms with van der Waals surface area (Å²) in [5.41, 5.74) is 7.71. The maximum atomic E-state index is 10.9. The molecule has 2 aromatic rings. The molecule has 6 heteroatoms. The lowest BCUT2D eigenvalue weighted by atomic mass is 9.98. The van der Waals surface area contributed by atoms with Crippen LogP contribution < -0.4 is 10.5 Å². The number of hydrogen-bond donors (Lipinski definition) is 1. The van der Waals surface area contributed by atoms with Crippen LogP contribution in [0.3, 0.4) is 0 Å². The Bertz CT molecular complexity index is 646. The highest BCUT2D eigenvalue weighted by Crippen LogP contribution is 2.31. The van der Waals surface area contributed by atoms with Crippen molar-refractivity contribution >= 4 is 28.3 Å². The minimum atomic E-state index is -0.473. The average molecular weight is 384 g/mol. The van der Waals surface area contributed by atoms with Crippen molar-refractivity contribution in [3.05, 3.63) is 67.3 Å². The van der Waals surface area contributed by atoms with E-state index >= 15 is 0 Å². The maximum absolute atomic E-state index is 10.9. The van der Waals surface area contributed by atoms with Crippen LogP contribution in [0.25, 0.3) is 0 Å². The first kappa shape index (κ1) is 14.7. The van der Waals surface area contributed by atoms with Crippen molar-refractivity contribution in [1.82, 2.24) is 0 Å². The maximum Gasteiger partial charge on any atom is 0.270 e. The summed E-state index contributed by atoms with van der Waals surface area (Å²) >= 11 is 2.20. The molecule has 0 heterocycles. The van der Waals surface area contributed by atoms with E-state index in [1.165, 1.54) is 19.2 Å². The molecule has 2 rings (SSSR count). The van der Waals surface area contributed by atoms with Crippen LogP contribution in [0.2, 0.25) is 0 Å². The fourth-order valence-corrected chi connectivity index (χ4v) is 2.53. The fraction of sp³-hybridized carbons (Fsp3) is 0.143. The van der Waals surface area contributed by atoms with Gasteiger partial charge < -0.3 is 10.5 Å². The van der Waals surface area contributed by atoms with Gasteiger partial charge in [-0.15, -0.1) is 0 Å². The summed E-state index contributed by atoms with van der Waals surface area (Å²) in [5, 5.41) is 10.9. The van der Waals surface area contributed by atoms with E-state index in [0.717, 1.165) is 9.13 Å². The van der Waals surface area contributed by atoms with Gasteiger partial charge >= 0.3 is 0 Å². The highest BCUT2D eigenvalue weighted by atomic mass is 127. The van der Waals surface area contributed by atoms with Crippen LogP contribution in [0.5, 0.6) is 5.75 Å². The van der Waals surface area contributed by atoms with E-state index < -0.39 is 11.0 Å². The molecule has 0 spiro atoms. The smallest absolute Gasteiger partial charge is 0.270 e. The molecular weight excluding hydrogens is 371 g/mol. The summed E-state index contributed by atoms with van der Waals surface area (Å²) in [5.74, 6) is 0.543. The molecule has 5 nitrogen and oxygen atoms in total. The van der Waals surface area contributed by atoms with Gasteiger partial charge in [-0.2, -0.15) is 0 Å². The predicted molar refractivity (Wildman–Crippen MR) is 84.8 cm³/mol. The van der Waals surface area contributed by atoms with E-state index in [-0.39, 0.29) is 5.69 Å². The van der Waals surface area contributed by atoms with Crippen molar-refractivity contribution < 1.29 is 9.66 Å². The van der Waals surface area contributed by atoms with Gasteiger partial charge in [-0.1, -0.05) is 12.1 Å². The van der Waals surface area contributed by atoms with Crippen LogP contribution >= 0.6 is 22.6 Å². The number of methoxy groups -OCH3 is 1. The third-order valence-electron chi connectivity index (χ3n) is 2.97. The molecule has 0 amide bonds. The molecule has 0 saturated carbocycles. The minimum absolute atomic E-state index is 0.00174. The Kier molecular flexibility index (Phi) is 4.56. The Labute approximate surface area is 130 Å². The summed E-state index contributed by atoms with van der Waals surface area (Å²) in [6, 6.07) is 11.7. The summed E-state index contributed by atoms with van der Waals surface area (Å²) < 4.78 is 6.30. The standard InChI is InChI=1S/C14H13IN2O3/c1-20-13-6-5-11(17(18)19)8-12(13)14(16)9-3-2-4-10(15)7-9/h2-8,14H,16H2,1H3. The number of halogens is 1. The van der Waals surface area contributed by atoms with Crippen LogP contribution in [0.15, 0.2) is 42.5 Å². The van der Waals surface area contributed by atoms with Crippen LogP contribution in [0.4, 0.5) is 5.69 Å². The zero-order valence-corrected chi connectivity index (χ0v) is 12.9. The van der Waals surface area contributed by atoms with Crippen LogP contribution in [0, 0.1) is 13.7 Å². The molecule has 1 unspecified atom stereocenters. The number of nitrogens with zero attached hydrogens (tertiary/aromatic N) is 1. The third kappa shape index (κ3) is 3.07. The molecule has 20 heavy (non-hydrogen) atoms. The zero-order chi connectivity index (χ0) is 14.7. The topological polar surface area (TPSA) is 78.4 Å². The SMILES string of the molecule is COc1ccc([N+](=O)[O-])cc1C(N)c1cccc(I)c1. The normalized spacial score (nSPS) is 11.9. The number of nitro groups is 1. The van der Waals surface area contributed by atoms with Crippen molar-refractivity contribution in [3.63, 3.8) is 0 Å². The van der Waals surface area contributed by atoms with E-state index in [9.17, 15) is 10.1 Å². The molecule has 0 aromatic heterocycles. The first-order chi connectivity index (χ1) is 9.52. The molecule has 0 aliphatic heterocycles. The van der Waals surface area contributed by atoms with Crippen molar-refractivity contribution in [1.29, 1.82) is 0 Å². The third-order valence-corrected chi connectivity index (χ3v) is 3.64. The molecule has 2 N–H and O–H groups in total. The number of nitro benzene ring substituents is 1. The second kappa shape index (κ2) is 6.19. The highest BCUT2D eigenvalue weighted by molar-refractivity contribution is 14.1. The summed E-state index contributed by atoms with van der Waals surface area (Å²) in [6.07, 6.45) is 0. The first-order valence-electron chi connectivity index (χ1n) is 5.86. The number of hydrogen-bond acceptors (Lipinski definition) is 4. The highest BCUT2D eigenvalue weighted by Gasteiger charge is 2.18. The van der Waals surface area contributed by atoms with Gasteiger partial charge in [-0.25, -0.2) is 0 Å². The summed E-state index contributed by atoms with van der Waals surface area (Å²) in [4.78, 5) is 10.4. The average Bonchev–Trinajstić information content (AvgIpc) is 2.45. The van der Waals surface area contributed by atoms with Crippen LogP contribution in [0.1, 0.15) is 17.2 Å². The number of nitrogens with two attached hydrogens (primary N) is 1. The second-order valence-electron chi connectivity index (χ2n) is 4.22. The molecule has 0 radical (unpaired) electrons. The quantitative estimate of drug-likeness (QED) is 0.499. The minimum Gasteiger partial charge on any atom is -0.496 e. The van der Waals surface area contributed by atoms with Gasteiger partial charge in [0.25, 0.3) is 5.69 Å². The molecular formula is C14H13IN2O3. The van der Waals surface area contributed by atoms with Gasteiger partial charge in [-0.3, -0.25) is 10.1 Å². The van der Waals surface area contributed by atoms with E-state index in [1.807, 2.05) is 24.3 Å². The number of non-ortho nitro benzene ring substituents is 1. The van der Waals surface area contributed by atoms with Crippen LogP contribution in [-0.2, 0) is 0 Å². The monoisotopic (exact) mass is 384 g/mol. The molecule has 0 saturated heterocycles. The number of ether oxygens (including phenoxy) is 1. The van der Waals surface area contributed by atoms with Crippen molar-refractivity contribution in [2.24, 2.45) is 5.73 Å². The second-order valence-corrected chi connectivity index (χ2v) is 5.46. The van der Waals surface area contributed by atoms with Gasteiger partial charge in [0.15, 0.2) is 0 Å². The predicted octanol–water partition coefficient (Wildman–Crippen LogP) is 3.26. The van der Waals surface area contributed by atoms with Crippen LogP contribution in [-0.4, -0.2) is 12.0 Å². The Morgan fingerprint density at radius 3 is 2.65 bits per heavy atom. The largest absolute Gasteiger partial charge is 0.496 e. The summed E-state index contributed by atoms with van der Waals surface area (Å²) in [7, 11) is 1.52. The zero-order valence-electron chi connectivity index (χ0n) is 10.7. The number of benzene rings is 2. The van der Waals surface area contributed by atoms with Gasteiger partial charge in [0.1, 0.15) is 5.75 Å². The Balaban J connectivity index is 2.49. The molecule has 0 fully saturated rings. The van der Waals surface area contributed by atoms with E-state index in [0.29, 0.717) is 11.3 Å². The van der Waals surface area contributed by atoms with E-state index in [1.54, 1.807) is 6.07 Å². The Morgan fingerprint density at radius 2 is 2.05 bits per heavy atom.